The quantitative estimate of drug-likeness (QED) is 0.606. The fraction of sp³-hybridized carbons (Fsp3) is 0.278. The van der Waals surface area contributed by atoms with E-state index in [0.717, 1.165) is 40.1 Å². The summed E-state index contributed by atoms with van der Waals surface area (Å²) < 4.78 is 12.0. The third-order valence-electron chi connectivity index (χ3n) is 3.83. The molecule has 0 unspecified atom stereocenters. The van der Waals surface area contributed by atoms with Gasteiger partial charge in [0.25, 0.3) is 0 Å². The molecule has 0 radical (unpaired) electrons. The first-order valence-corrected chi connectivity index (χ1v) is 8.54. The number of benzene rings is 2. The van der Waals surface area contributed by atoms with Crippen molar-refractivity contribution in [1.82, 2.24) is 0 Å². The molecule has 3 N–H and O–H groups in total. The second-order valence-electron chi connectivity index (χ2n) is 5.57. The third kappa shape index (κ3) is 3.88. The van der Waals surface area contributed by atoms with E-state index in [1.165, 1.54) is 5.56 Å². The van der Waals surface area contributed by atoms with E-state index in [0.29, 0.717) is 19.1 Å². The van der Waals surface area contributed by atoms with Crippen LogP contribution in [0.2, 0.25) is 0 Å². The van der Waals surface area contributed by atoms with Crippen molar-refractivity contribution in [2.24, 2.45) is 10.7 Å². The maximum absolute atomic E-state index is 6.05. The molecular formula is C18H20BrN3O2. The van der Waals surface area contributed by atoms with Crippen LogP contribution in [0.3, 0.4) is 0 Å². The van der Waals surface area contributed by atoms with E-state index in [4.69, 9.17) is 15.2 Å². The largest absolute Gasteiger partial charge is 0.493 e. The van der Waals surface area contributed by atoms with Crippen LogP contribution in [0.4, 0.5) is 5.69 Å². The molecule has 0 spiro atoms. The predicted molar refractivity (Wildman–Crippen MR) is 99.4 cm³/mol. The van der Waals surface area contributed by atoms with Crippen molar-refractivity contribution in [1.29, 1.82) is 0 Å². The van der Waals surface area contributed by atoms with Crippen LogP contribution in [0.5, 0.6) is 5.75 Å². The fourth-order valence-corrected chi connectivity index (χ4v) is 3.29. The van der Waals surface area contributed by atoms with E-state index in [1.807, 2.05) is 30.3 Å². The van der Waals surface area contributed by atoms with Crippen molar-refractivity contribution in [2.45, 2.75) is 19.6 Å². The highest BCUT2D eigenvalue weighted by atomic mass is 79.9. The number of nitrogens with zero attached hydrogens (tertiary/aromatic N) is 1. The monoisotopic (exact) mass is 389 g/mol. The Labute approximate surface area is 150 Å². The van der Waals surface area contributed by atoms with Crippen molar-refractivity contribution in [2.75, 3.05) is 19.0 Å². The van der Waals surface area contributed by atoms with Gasteiger partial charge in [-0.05, 0) is 23.8 Å². The normalized spacial score (nSPS) is 13.5. The molecular weight excluding hydrogens is 370 g/mol. The lowest BCUT2D eigenvalue weighted by Gasteiger charge is -2.11. The highest BCUT2D eigenvalue weighted by molar-refractivity contribution is 9.10. The number of halogens is 1. The van der Waals surface area contributed by atoms with Gasteiger partial charge in [-0.15, -0.1) is 0 Å². The molecule has 0 saturated heterocycles. The lowest BCUT2D eigenvalue weighted by atomic mass is 10.1. The number of rotatable bonds is 5. The summed E-state index contributed by atoms with van der Waals surface area (Å²) in [6.45, 7) is 1.71. The van der Waals surface area contributed by atoms with Gasteiger partial charge >= 0.3 is 0 Å². The van der Waals surface area contributed by atoms with E-state index in [2.05, 4.69) is 32.3 Å². The average Bonchev–Trinajstić information content (AvgIpc) is 3.03. The number of fused-ring (bicyclic) bond motifs is 1. The van der Waals surface area contributed by atoms with Crippen molar-refractivity contribution < 1.29 is 9.47 Å². The molecule has 2 aromatic carbocycles. The maximum atomic E-state index is 6.05. The van der Waals surface area contributed by atoms with Gasteiger partial charge in [-0.1, -0.05) is 34.1 Å². The van der Waals surface area contributed by atoms with Gasteiger partial charge in [0, 0.05) is 34.8 Å². The minimum absolute atomic E-state index is 0.366. The second kappa shape index (κ2) is 7.68. The van der Waals surface area contributed by atoms with Crippen molar-refractivity contribution >= 4 is 27.6 Å². The summed E-state index contributed by atoms with van der Waals surface area (Å²) in [4.78, 5) is 4.45. The Morgan fingerprint density at radius 2 is 2.17 bits per heavy atom. The molecule has 0 fully saturated rings. The summed E-state index contributed by atoms with van der Waals surface area (Å²) in [5.74, 6) is 1.31. The van der Waals surface area contributed by atoms with Crippen molar-refractivity contribution in [3.05, 3.63) is 57.6 Å². The zero-order valence-electron chi connectivity index (χ0n) is 13.5. The topological polar surface area (TPSA) is 68.9 Å². The molecule has 0 aromatic heterocycles. The molecule has 1 heterocycles. The molecule has 0 aliphatic carbocycles. The molecule has 0 atom stereocenters. The van der Waals surface area contributed by atoms with Gasteiger partial charge < -0.3 is 20.5 Å². The zero-order chi connectivity index (χ0) is 16.9. The second-order valence-corrected chi connectivity index (χ2v) is 6.48. The Bertz CT molecular complexity index is 762. The number of hydrogen-bond acceptors (Lipinski definition) is 3. The minimum atomic E-state index is 0.366. The predicted octanol–water partition coefficient (Wildman–Crippen LogP) is 3.46. The Morgan fingerprint density at radius 3 is 3.00 bits per heavy atom. The van der Waals surface area contributed by atoms with Gasteiger partial charge in [-0.3, -0.25) is 0 Å². The van der Waals surface area contributed by atoms with Crippen LogP contribution >= 0.6 is 15.9 Å². The van der Waals surface area contributed by atoms with E-state index >= 15 is 0 Å². The van der Waals surface area contributed by atoms with Crippen LogP contribution in [0.15, 0.2) is 45.9 Å². The number of ether oxygens (including phenoxy) is 2. The first kappa shape index (κ1) is 16.8. The minimum Gasteiger partial charge on any atom is -0.493 e. The first-order valence-electron chi connectivity index (χ1n) is 7.75. The molecule has 0 amide bonds. The smallest absolute Gasteiger partial charge is 0.193 e. The zero-order valence-corrected chi connectivity index (χ0v) is 15.1. The molecule has 6 heteroatoms. The number of nitrogens with one attached hydrogen (secondary N) is 1. The molecule has 5 nitrogen and oxygen atoms in total. The SMILES string of the molecule is COCc1ccccc1NC(N)=NCc1cc(Br)cc2c1OCC2. The Kier molecular flexibility index (Phi) is 5.37. The lowest BCUT2D eigenvalue weighted by Crippen LogP contribution is -2.23. The van der Waals surface area contributed by atoms with Crippen LogP contribution in [-0.4, -0.2) is 19.7 Å². The number of nitrogens with two attached hydrogens (primary N) is 1. The Balaban J connectivity index is 1.74. The van der Waals surface area contributed by atoms with Gasteiger partial charge in [0.15, 0.2) is 5.96 Å². The highest BCUT2D eigenvalue weighted by Gasteiger charge is 2.17. The number of guanidine groups is 1. The Hall–Kier alpha value is -2.05. The van der Waals surface area contributed by atoms with Crippen molar-refractivity contribution in [3.63, 3.8) is 0 Å². The average molecular weight is 390 g/mol. The summed E-state index contributed by atoms with van der Waals surface area (Å²) in [5, 5.41) is 3.14. The van der Waals surface area contributed by atoms with Gasteiger partial charge in [0.1, 0.15) is 5.75 Å². The molecule has 2 aromatic rings. The molecule has 0 bridgehead atoms. The highest BCUT2D eigenvalue weighted by Crippen LogP contribution is 2.33. The number of hydrogen-bond donors (Lipinski definition) is 2. The summed E-state index contributed by atoms with van der Waals surface area (Å²) in [6.07, 6.45) is 0.934. The van der Waals surface area contributed by atoms with Crippen molar-refractivity contribution in [3.8, 4) is 5.75 Å². The number of para-hydroxylation sites is 1. The first-order chi connectivity index (χ1) is 11.7. The van der Waals surface area contributed by atoms with E-state index < -0.39 is 0 Å². The Morgan fingerprint density at radius 1 is 1.33 bits per heavy atom. The molecule has 126 valence electrons. The van der Waals surface area contributed by atoms with E-state index in [-0.39, 0.29) is 0 Å². The maximum Gasteiger partial charge on any atom is 0.193 e. The molecule has 1 aliphatic rings. The molecule has 1 aliphatic heterocycles. The van der Waals surface area contributed by atoms with Gasteiger partial charge in [0.2, 0.25) is 0 Å². The third-order valence-corrected chi connectivity index (χ3v) is 4.28. The summed E-state index contributed by atoms with van der Waals surface area (Å²) in [6, 6.07) is 12.0. The number of methoxy groups -OCH3 is 1. The van der Waals surface area contributed by atoms with Gasteiger partial charge in [0.05, 0.1) is 19.8 Å². The van der Waals surface area contributed by atoms with E-state index in [9.17, 15) is 0 Å². The van der Waals surface area contributed by atoms with Gasteiger partial charge in [-0.2, -0.15) is 0 Å². The number of aliphatic imine (C=N–C) groups is 1. The van der Waals surface area contributed by atoms with Crippen LogP contribution in [-0.2, 0) is 24.3 Å². The van der Waals surface area contributed by atoms with Crippen LogP contribution in [0.25, 0.3) is 0 Å². The summed E-state index contributed by atoms with van der Waals surface area (Å²) in [7, 11) is 1.67. The summed E-state index contributed by atoms with van der Waals surface area (Å²) >= 11 is 3.54. The number of anilines is 1. The van der Waals surface area contributed by atoms with E-state index in [1.54, 1.807) is 7.11 Å². The molecule has 3 rings (SSSR count). The van der Waals surface area contributed by atoms with Crippen LogP contribution < -0.4 is 15.8 Å². The fourth-order valence-electron chi connectivity index (χ4n) is 2.73. The molecule has 24 heavy (non-hydrogen) atoms. The van der Waals surface area contributed by atoms with Crippen LogP contribution in [0, 0.1) is 0 Å². The standard InChI is InChI=1S/C18H20BrN3O2/c1-23-11-13-4-2-3-5-16(13)22-18(20)21-10-14-9-15(19)8-12-6-7-24-17(12)14/h2-5,8-9H,6-7,10-11H2,1H3,(H3,20,21,22). The summed E-state index contributed by atoms with van der Waals surface area (Å²) in [5.41, 5.74) is 10.2. The van der Waals surface area contributed by atoms with Crippen LogP contribution in [0.1, 0.15) is 16.7 Å². The molecule has 0 saturated carbocycles. The van der Waals surface area contributed by atoms with Gasteiger partial charge in [-0.25, -0.2) is 4.99 Å². The lowest BCUT2D eigenvalue weighted by molar-refractivity contribution is 0.185.